The molecule has 0 amide bonds. The van der Waals surface area contributed by atoms with Crippen LogP contribution in [0.3, 0.4) is 0 Å². The Kier molecular flexibility index (Phi) is 5.50. The Labute approximate surface area is 108 Å². The van der Waals surface area contributed by atoms with Crippen LogP contribution in [0.4, 0.5) is 8.78 Å². The minimum Gasteiger partial charge on any atom is -0.490 e. The SMILES string of the molecule is CCOc1cc(CC(O)C(=O)O)ccc1OC(F)F. The average molecular weight is 276 g/mol. The summed E-state index contributed by atoms with van der Waals surface area (Å²) >= 11 is 0. The van der Waals surface area contributed by atoms with Gasteiger partial charge in [0.05, 0.1) is 6.61 Å². The van der Waals surface area contributed by atoms with Crippen molar-refractivity contribution in [2.75, 3.05) is 6.61 Å². The number of carbonyl (C=O) groups is 1. The number of benzene rings is 1. The molecule has 0 fully saturated rings. The van der Waals surface area contributed by atoms with Gasteiger partial charge in [0.15, 0.2) is 17.6 Å². The normalized spacial score (nSPS) is 12.3. The van der Waals surface area contributed by atoms with E-state index in [-0.39, 0.29) is 24.5 Å². The lowest BCUT2D eigenvalue weighted by Crippen LogP contribution is -2.22. The molecular formula is C12H14F2O5. The summed E-state index contributed by atoms with van der Waals surface area (Å²) in [5, 5.41) is 17.8. The summed E-state index contributed by atoms with van der Waals surface area (Å²) in [6, 6.07) is 4.01. The molecule has 1 atom stereocenters. The summed E-state index contributed by atoms with van der Waals surface area (Å²) in [5.74, 6) is -1.41. The van der Waals surface area contributed by atoms with E-state index in [0.29, 0.717) is 5.56 Å². The fraction of sp³-hybridized carbons (Fsp3) is 0.417. The first-order valence-electron chi connectivity index (χ1n) is 5.55. The molecule has 1 unspecified atom stereocenters. The molecule has 7 heteroatoms. The van der Waals surface area contributed by atoms with Gasteiger partial charge in [0, 0.05) is 6.42 Å². The smallest absolute Gasteiger partial charge is 0.387 e. The van der Waals surface area contributed by atoms with Gasteiger partial charge in [0.1, 0.15) is 0 Å². The van der Waals surface area contributed by atoms with Crippen molar-refractivity contribution in [3.05, 3.63) is 23.8 Å². The molecule has 0 heterocycles. The Morgan fingerprint density at radius 2 is 2.05 bits per heavy atom. The second-order valence-corrected chi connectivity index (χ2v) is 3.65. The zero-order valence-electron chi connectivity index (χ0n) is 10.2. The number of halogens is 2. The fourth-order valence-corrected chi connectivity index (χ4v) is 1.45. The lowest BCUT2D eigenvalue weighted by Gasteiger charge is -2.13. The Morgan fingerprint density at radius 1 is 1.37 bits per heavy atom. The van der Waals surface area contributed by atoms with Gasteiger partial charge in [-0.05, 0) is 24.6 Å². The van der Waals surface area contributed by atoms with E-state index < -0.39 is 18.7 Å². The number of hydrogen-bond acceptors (Lipinski definition) is 4. The second kappa shape index (κ2) is 6.89. The predicted molar refractivity (Wildman–Crippen MR) is 61.6 cm³/mol. The van der Waals surface area contributed by atoms with E-state index in [1.54, 1.807) is 6.92 Å². The molecule has 106 valence electrons. The molecule has 0 aliphatic carbocycles. The summed E-state index contributed by atoms with van der Waals surface area (Å²) in [6.07, 6.45) is -1.71. The quantitative estimate of drug-likeness (QED) is 0.792. The molecule has 19 heavy (non-hydrogen) atoms. The highest BCUT2D eigenvalue weighted by molar-refractivity contribution is 5.72. The largest absolute Gasteiger partial charge is 0.490 e. The Morgan fingerprint density at radius 3 is 2.58 bits per heavy atom. The third-order valence-electron chi connectivity index (χ3n) is 2.24. The topological polar surface area (TPSA) is 76.0 Å². The lowest BCUT2D eigenvalue weighted by atomic mass is 10.1. The van der Waals surface area contributed by atoms with Crippen LogP contribution in [0.2, 0.25) is 0 Å². The number of hydrogen-bond donors (Lipinski definition) is 2. The van der Waals surface area contributed by atoms with Crippen molar-refractivity contribution >= 4 is 5.97 Å². The van der Waals surface area contributed by atoms with Crippen LogP contribution in [0, 0.1) is 0 Å². The molecule has 0 aliphatic rings. The number of alkyl halides is 2. The van der Waals surface area contributed by atoms with Crippen molar-refractivity contribution in [3.63, 3.8) is 0 Å². The third kappa shape index (κ3) is 4.70. The molecule has 0 saturated heterocycles. The van der Waals surface area contributed by atoms with E-state index in [9.17, 15) is 18.7 Å². The molecule has 0 spiro atoms. The summed E-state index contributed by atoms with van der Waals surface area (Å²) < 4.78 is 33.7. The van der Waals surface area contributed by atoms with Gasteiger partial charge in [-0.1, -0.05) is 6.07 Å². The summed E-state index contributed by atoms with van der Waals surface area (Å²) in [4.78, 5) is 10.5. The summed E-state index contributed by atoms with van der Waals surface area (Å²) in [5.41, 5.74) is 0.444. The predicted octanol–water partition coefficient (Wildman–Crippen LogP) is 1.67. The van der Waals surface area contributed by atoms with Crippen molar-refractivity contribution in [2.24, 2.45) is 0 Å². The number of aliphatic hydroxyl groups excluding tert-OH is 1. The van der Waals surface area contributed by atoms with Crippen LogP contribution in [-0.4, -0.2) is 35.5 Å². The van der Waals surface area contributed by atoms with Crippen molar-refractivity contribution in [1.29, 1.82) is 0 Å². The number of aliphatic hydroxyl groups is 1. The highest BCUT2D eigenvalue weighted by atomic mass is 19.3. The maximum absolute atomic E-state index is 12.2. The molecular weight excluding hydrogens is 262 g/mol. The summed E-state index contributed by atoms with van der Waals surface area (Å²) in [6.45, 7) is -1.06. The molecule has 0 bridgehead atoms. The first-order chi connectivity index (χ1) is 8.93. The Hall–Kier alpha value is -1.89. The first kappa shape index (κ1) is 15.2. The number of carboxylic acids is 1. The van der Waals surface area contributed by atoms with Gasteiger partial charge >= 0.3 is 12.6 Å². The van der Waals surface area contributed by atoms with Crippen LogP contribution in [0.25, 0.3) is 0 Å². The standard InChI is InChI=1S/C12H14F2O5/c1-2-18-10-6-7(5-8(15)11(16)17)3-4-9(10)19-12(13)14/h3-4,6,8,12,15H,2,5H2,1H3,(H,16,17). The van der Waals surface area contributed by atoms with Gasteiger partial charge in [-0.2, -0.15) is 8.78 Å². The van der Waals surface area contributed by atoms with Crippen LogP contribution in [0.1, 0.15) is 12.5 Å². The van der Waals surface area contributed by atoms with Gasteiger partial charge in [-0.25, -0.2) is 4.79 Å². The van der Waals surface area contributed by atoms with E-state index >= 15 is 0 Å². The van der Waals surface area contributed by atoms with Crippen molar-refractivity contribution in [1.82, 2.24) is 0 Å². The highest BCUT2D eigenvalue weighted by Gasteiger charge is 2.16. The van der Waals surface area contributed by atoms with Crippen LogP contribution < -0.4 is 9.47 Å². The van der Waals surface area contributed by atoms with Crippen LogP contribution in [0.15, 0.2) is 18.2 Å². The molecule has 0 aromatic heterocycles. The fourth-order valence-electron chi connectivity index (χ4n) is 1.45. The van der Waals surface area contributed by atoms with E-state index in [2.05, 4.69) is 4.74 Å². The van der Waals surface area contributed by atoms with E-state index in [1.807, 2.05) is 0 Å². The number of carboxylic acid groups (broad SMARTS) is 1. The maximum atomic E-state index is 12.2. The van der Waals surface area contributed by atoms with Crippen LogP contribution in [0.5, 0.6) is 11.5 Å². The van der Waals surface area contributed by atoms with Crippen LogP contribution >= 0.6 is 0 Å². The first-order valence-corrected chi connectivity index (χ1v) is 5.55. The van der Waals surface area contributed by atoms with Crippen molar-refractivity contribution in [3.8, 4) is 11.5 Å². The van der Waals surface area contributed by atoms with Gasteiger partial charge in [0.2, 0.25) is 0 Å². The van der Waals surface area contributed by atoms with Crippen molar-refractivity contribution in [2.45, 2.75) is 26.1 Å². The minimum atomic E-state index is -2.98. The third-order valence-corrected chi connectivity index (χ3v) is 2.24. The number of rotatable bonds is 7. The van der Waals surface area contributed by atoms with Gasteiger partial charge in [-0.3, -0.25) is 0 Å². The molecule has 5 nitrogen and oxygen atoms in total. The molecule has 2 N–H and O–H groups in total. The molecule has 0 saturated carbocycles. The Bertz CT molecular complexity index is 436. The zero-order valence-corrected chi connectivity index (χ0v) is 10.2. The molecule has 1 aromatic rings. The van der Waals surface area contributed by atoms with Gasteiger partial charge in [-0.15, -0.1) is 0 Å². The van der Waals surface area contributed by atoms with E-state index in [4.69, 9.17) is 9.84 Å². The molecule has 0 radical (unpaired) electrons. The number of aliphatic carboxylic acids is 1. The molecule has 1 rings (SSSR count). The van der Waals surface area contributed by atoms with E-state index in [1.165, 1.54) is 18.2 Å². The Balaban J connectivity index is 2.91. The highest BCUT2D eigenvalue weighted by Crippen LogP contribution is 2.30. The van der Waals surface area contributed by atoms with E-state index in [0.717, 1.165) is 0 Å². The summed E-state index contributed by atoms with van der Waals surface area (Å²) in [7, 11) is 0. The molecule has 1 aromatic carbocycles. The second-order valence-electron chi connectivity index (χ2n) is 3.65. The average Bonchev–Trinajstić information content (AvgIpc) is 2.32. The zero-order chi connectivity index (χ0) is 14.4. The molecule has 0 aliphatic heterocycles. The van der Waals surface area contributed by atoms with Gasteiger partial charge < -0.3 is 19.7 Å². The monoisotopic (exact) mass is 276 g/mol. The van der Waals surface area contributed by atoms with Gasteiger partial charge in [0.25, 0.3) is 0 Å². The van der Waals surface area contributed by atoms with Crippen molar-refractivity contribution < 1.29 is 33.3 Å². The number of ether oxygens (including phenoxy) is 2. The van der Waals surface area contributed by atoms with Crippen LogP contribution in [-0.2, 0) is 11.2 Å². The minimum absolute atomic E-state index is 0.0814. The maximum Gasteiger partial charge on any atom is 0.387 e. The lowest BCUT2D eigenvalue weighted by molar-refractivity contribution is -0.146.